The number of anilines is 1. The lowest BCUT2D eigenvalue weighted by atomic mass is 10.1. The van der Waals surface area contributed by atoms with Crippen LogP contribution < -0.4 is 11.1 Å². The van der Waals surface area contributed by atoms with Gasteiger partial charge in [0.2, 0.25) is 0 Å². The average Bonchev–Trinajstić information content (AvgIpc) is 2.88. The molecule has 0 aliphatic rings. The van der Waals surface area contributed by atoms with Crippen molar-refractivity contribution in [1.29, 1.82) is 0 Å². The van der Waals surface area contributed by atoms with Gasteiger partial charge in [0.1, 0.15) is 11.6 Å². The van der Waals surface area contributed by atoms with Crippen LogP contribution >= 0.6 is 0 Å². The fourth-order valence-corrected chi connectivity index (χ4v) is 2.01. The lowest BCUT2D eigenvalue weighted by Crippen LogP contribution is -2.39. The summed E-state index contributed by atoms with van der Waals surface area (Å²) in [4.78, 5) is 0. The van der Waals surface area contributed by atoms with E-state index < -0.39 is 0 Å². The molecular formula is C15H17FN6. The second-order valence-corrected chi connectivity index (χ2v) is 5.83. The third-order valence-corrected chi connectivity index (χ3v) is 3.10. The average molecular weight is 300 g/mol. The Kier molecular flexibility index (Phi) is 3.50. The molecule has 3 N–H and O–H groups in total. The van der Waals surface area contributed by atoms with E-state index in [1.807, 2.05) is 13.8 Å². The first-order chi connectivity index (χ1) is 10.4. The van der Waals surface area contributed by atoms with Gasteiger partial charge in [-0.1, -0.05) is 12.1 Å². The standard InChI is InChI=1S/C15H17FN6/c1-15(2,17)9-18-12-7-8-13-19-20-14(22(13)21-12)10-5-3-4-6-11(10)16/h3-8H,9,17H2,1-2H3,(H,18,21). The molecular weight excluding hydrogens is 283 g/mol. The lowest BCUT2D eigenvalue weighted by Gasteiger charge is -2.19. The van der Waals surface area contributed by atoms with E-state index in [9.17, 15) is 4.39 Å². The number of hydrogen-bond acceptors (Lipinski definition) is 5. The van der Waals surface area contributed by atoms with Gasteiger partial charge in [-0.15, -0.1) is 15.3 Å². The lowest BCUT2D eigenvalue weighted by molar-refractivity contribution is 0.548. The number of aromatic nitrogens is 4. The molecule has 7 heteroatoms. The molecule has 0 bridgehead atoms. The second-order valence-electron chi connectivity index (χ2n) is 5.83. The van der Waals surface area contributed by atoms with E-state index in [0.717, 1.165) is 0 Å². The van der Waals surface area contributed by atoms with E-state index in [2.05, 4.69) is 20.6 Å². The van der Waals surface area contributed by atoms with Gasteiger partial charge in [0, 0.05) is 12.1 Å². The number of halogens is 1. The van der Waals surface area contributed by atoms with E-state index >= 15 is 0 Å². The summed E-state index contributed by atoms with van der Waals surface area (Å²) in [6.07, 6.45) is 0. The molecule has 0 aliphatic heterocycles. The number of nitrogens with one attached hydrogen (secondary N) is 1. The molecule has 0 aliphatic carbocycles. The minimum atomic E-state index is -0.363. The van der Waals surface area contributed by atoms with Gasteiger partial charge in [-0.3, -0.25) is 0 Å². The molecule has 0 unspecified atom stereocenters. The normalized spacial score (nSPS) is 11.8. The summed E-state index contributed by atoms with van der Waals surface area (Å²) < 4.78 is 15.5. The fourth-order valence-electron chi connectivity index (χ4n) is 2.01. The topological polar surface area (TPSA) is 81.1 Å². The number of fused-ring (bicyclic) bond motifs is 1. The molecule has 0 fully saturated rings. The Bertz CT molecular complexity index is 805. The first-order valence-electron chi connectivity index (χ1n) is 6.94. The molecule has 1 aromatic carbocycles. The molecule has 22 heavy (non-hydrogen) atoms. The molecule has 3 rings (SSSR count). The Morgan fingerprint density at radius 1 is 1.18 bits per heavy atom. The summed E-state index contributed by atoms with van der Waals surface area (Å²) >= 11 is 0. The molecule has 3 aromatic rings. The van der Waals surface area contributed by atoms with E-state index in [1.165, 1.54) is 10.6 Å². The molecule has 114 valence electrons. The summed E-state index contributed by atoms with van der Waals surface area (Å²) in [5.74, 6) is 0.632. The van der Waals surface area contributed by atoms with Crippen LogP contribution in [0.15, 0.2) is 36.4 Å². The van der Waals surface area contributed by atoms with E-state index in [0.29, 0.717) is 29.4 Å². The van der Waals surface area contributed by atoms with Crippen LogP contribution in [0.4, 0.5) is 10.2 Å². The molecule has 0 amide bonds. The first-order valence-corrected chi connectivity index (χ1v) is 6.94. The highest BCUT2D eigenvalue weighted by molar-refractivity contribution is 5.60. The van der Waals surface area contributed by atoms with Crippen molar-refractivity contribution in [3.63, 3.8) is 0 Å². The van der Waals surface area contributed by atoms with Gasteiger partial charge in [-0.25, -0.2) is 4.39 Å². The van der Waals surface area contributed by atoms with Gasteiger partial charge in [-0.2, -0.15) is 4.52 Å². The molecule has 0 saturated carbocycles. The smallest absolute Gasteiger partial charge is 0.188 e. The monoisotopic (exact) mass is 300 g/mol. The summed E-state index contributed by atoms with van der Waals surface area (Å²) in [6.45, 7) is 4.40. The van der Waals surface area contributed by atoms with Crippen molar-refractivity contribution in [3.8, 4) is 11.4 Å². The van der Waals surface area contributed by atoms with E-state index in [4.69, 9.17) is 5.73 Å². The van der Waals surface area contributed by atoms with Crippen molar-refractivity contribution in [2.75, 3.05) is 11.9 Å². The van der Waals surface area contributed by atoms with Crippen LogP contribution in [0.1, 0.15) is 13.8 Å². The van der Waals surface area contributed by atoms with E-state index in [1.54, 1.807) is 30.3 Å². The first kappa shape index (κ1) is 14.4. The van der Waals surface area contributed by atoms with Crippen LogP contribution in [-0.2, 0) is 0 Å². The van der Waals surface area contributed by atoms with Crippen LogP contribution in [0.2, 0.25) is 0 Å². The van der Waals surface area contributed by atoms with Gasteiger partial charge in [0.25, 0.3) is 0 Å². The van der Waals surface area contributed by atoms with Crippen LogP contribution in [-0.4, -0.2) is 31.9 Å². The maximum absolute atomic E-state index is 13.9. The quantitative estimate of drug-likeness (QED) is 0.771. The number of nitrogens with zero attached hydrogens (tertiary/aromatic N) is 4. The van der Waals surface area contributed by atoms with Crippen molar-refractivity contribution in [1.82, 2.24) is 19.8 Å². The zero-order valence-electron chi connectivity index (χ0n) is 12.4. The minimum absolute atomic E-state index is 0.360. The van der Waals surface area contributed by atoms with Gasteiger partial charge < -0.3 is 11.1 Å². The SMILES string of the molecule is CC(C)(N)CNc1ccc2nnc(-c3ccccc3F)n2n1. The number of benzene rings is 1. The summed E-state index contributed by atoms with van der Waals surface area (Å²) in [5.41, 5.74) is 6.49. The highest BCUT2D eigenvalue weighted by Gasteiger charge is 2.14. The predicted octanol–water partition coefficient (Wildman–Crippen LogP) is 2.08. The summed E-state index contributed by atoms with van der Waals surface area (Å²) in [6, 6.07) is 9.98. The molecule has 2 heterocycles. The molecule has 6 nitrogen and oxygen atoms in total. The molecule has 0 radical (unpaired) electrons. The van der Waals surface area contributed by atoms with Gasteiger partial charge in [0.15, 0.2) is 11.5 Å². The Morgan fingerprint density at radius 3 is 2.68 bits per heavy atom. The number of rotatable bonds is 4. The third-order valence-electron chi connectivity index (χ3n) is 3.10. The Hall–Kier alpha value is -2.54. The van der Waals surface area contributed by atoms with Crippen molar-refractivity contribution in [2.45, 2.75) is 19.4 Å². The summed E-state index contributed by atoms with van der Waals surface area (Å²) in [7, 11) is 0. The molecule has 0 atom stereocenters. The van der Waals surface area contributed by atoms with Crippen LogP contribution in [0, 0.1) is 5.82 Å². The van der Waals surface area contributed by atoms with E-state index in [-0.39, 0.29) is 11.4 Å². The van der Waals surface area contributed by atoms with Crippen molar-refractivity contribution in [3.05, 3.63) is 42.2 Å². The Morgan fingerprint density at radius 2 is 1.95 bits per heavy atom. The zero-order chi connectivity index (χ0) is 15.7. The highest BCUT2D eigenvalue weighted by atomic mass is 19.1. The largest absolute Gasteiger partial charge is 0.367 e. The van der Waals surface area contributed by atoms with Gasteiger partial charge in [-0.05, 0) is 38.1 Å². The maximum atomic E-state index is 13.9. The highest BCUT2D eigenvalue weighted by Crippen LogP contribution is 2.21. The molecule has 2 aromatic heterocycles. The number of hydrogen-bond donors (Lipinski definition) is 2. The van der Waals surface area contributed by atoms with Crippen molar-refractivity contribution >= 4 is 11.5 Å². The summed E-state index contributed by atoms with van der Waals surface area (Å²) in [5, 5.41) is 15.6. The minimum Gasteiger partial charge on any atom is -0.367 e. The van der Waals surface area contributed by atoms with Gasteiger partial charge in [0.05, 0.1) is 5.56 Å². The molecule has 0 spiro atoms. The van der Waals surface area contributed by atoms with Crippen molar-refractivity contribution in [2.24, 2.45) is 5.73 Å². The second kappa shape index (κ2) is 5.34. The Balaban J connectivity index is 2.01. The number of nitrogens with two attached hydrogens (primary N) is 1. The van der Waals surface area contributed by atoms with Crippen LogP contribution in [0.5, 0.6) is 0 Å². The maximum Gasteiger partial charge on any atom is 0.188 e. The predicted molar refractivity (Wildman–Crippen MR) is 82.9 cm³/mol. The van der Waals surface area contributed by atoms with Crippen LogP contribution in [0.3, 0.4) is 0 Å². The van der Waals surface area contributed by atoms with Crippen LogP contribution in [0.25, 0.3) is 17.0 Å². The third kappa shape index (κ3) is 2.89. The van der Waals surface area contributed by atoms with Crippen molar-refractivity contribution < 1.29 is 4.39 Å². The zero-order valence-corrected chi connectivity index (χ0v) is 12.4. The fraction of sp³-hybridized carbons (Fsp3) is 0.267. The van der Waals surface area contributed by atoms with Gasteiger partial charge >= 0.3 is 0 Å². The Labute approximate surface area is 127 Å². The molecule has 0 saturated heterocycles.